The van der Waals surface area contributed by atoms with E-state index >= 15 is 0 Å². The van der Waals surface area contributed by atoms with Crippen LogP contribution >= 0.6 is 11.7 Å². The monoisotopic (exact) mass is 453 g/mol. The summed E-state index contributed by atoms with van der Waals surface area (Å²) in [4.78, 5) is 25.1. The molecule has 2 aromatic rings. The van der Waals surface area contributed by atoms with Crippen LogP contribution in [0.4, 0.5) is 0 Å². The lowest BCUT2D eigenvalue weighted by Crippen LogP contribution is -2.53. The Labute approximate surface area is 180 Å². The number of amides is 2. The summed E-state index contributed by atoms with van der Waals surface area (Å²) in [5.41, 5.74) is 0.477. The summed E-state index contributed by atoms with van der Waals surface area (Å²) in [5, 5.41) is 5.54. The molecule has 2 N–H and O–H groups in total. The van der Waals surface area contributed by atoms with Crippen LogP contribution in [-0.2, 0) is 19.6 Å². The van der Waals surface area contributed by atoms with Crippen LogP contribution in [0.15, 0.2) is 23.1 Å². The van der Waals surface area contributed by atoms with Gasteiger partial charge in [0.2, 0.25) is 21.8 Å². The van der Waals surface area contributed by atoms with Gasteiger partial charge < -0.3 is 10.6 Å². The molecule has 9 nitrogen and oxygen atoms in total. The zero-order chi connectivity index (χ0) is 22.1. The number of hydrogen-bond acceptors (Lipinski definition) is 7. The van der Waals surface area contributed by atoms with Crippen LogP contribution in [0.5, 0.6) is 0 Å². The van der Waals surface area contributed by atoms with Crippen molar-refractivity contribution in [2.75, 3.05) is 13.1 Å². The Hall–Kier alpha value is -2.11. The normalized spacial score (nSPS) is 19.4. The molecule has 11 heteroatoms. The lowest BCUT2D eigenvalue weighted by Gasteiger charge is -2.32. The highest BCUT2D eigenvalue weighted by Crippen LogP contribution is 2.28. The minimum atomic E-state index is -3.82. The first-order valence-corrected chi connectivity index (χ1v) is 12.0. The van der Waals surface area contributed by atoms with E-state index in [0.717, 1.165) is 11.7 Å². The van der Waals surface area contributed by atoms with Crippen molar-refractivity contribution in [3.8, 4) is 0 Å². The largest absolute Gasteiger partial charge is 0.350 e. The number of carbonyl (C=O) groups is 2. The number of rotatable bonds is 5. The van der Waals surface area contributed by atoms with E-state index in [4.69, 9.17) is 0 Å². The molecule has 0 spiro atoms. The Kier molecular flexibility index (Phi) is 6.44. The Morgan fingerprint density at radius 3 is 2.70 bits per heavy atom. The van der Waals surface area contributed by atoms with Crippen LogP contribution in [0.3, 0.4) is 0 Å². The van der Waals surface area contributed by atoms with Crippen molar-refractivity contribution in [3.63, 3.8) is 0 Å². The second-order valence-corrected chi connectivity index (χ2v) is 11.0. The maximum Gasteiger partial charge on any atom is 0.245 e. The van der Waals surface area contributed by atoms with Gasteiger partial charge >= 0.3 is 0 Å². The van der Waals surface area contributed by atoms with E-state index in [0.29, 0.717) is 30.4 Å². The second-order valence-electron chi connectivity index (χ2n) is 8.56. The molecular weight excluding hydrogens is 426 g/mol. The number of piperidine rings is 1. The van der Waals surface area contributed by atoms with E-state index < -0.39 is 27.5 Å². The SMILES string of the molecule is C[C@@H](NC(=O)[C@@H]1CCCN(S(=O)(=O)c2cccc3nsnc23)C1)C(=O)NC(C)(C)C. The third-order valence-electron chi connectivity index (χ3n) is 4.87. The van der Waals surface area contributed by atoms with Crippen molar-refractivity contribution in [3.05, 3.63) is 18.2 Å². The fourth-order valence-electron chi connectivity index (χ4n) is 3.38. The van der Waals surface area contributed by atoms with Crippen molar-refractivity contribution in [2.24, 2.45) is 5.92 Å². The van der Waals surface area contributed by atoms with Gasteiger partial charge in [-0.05, 0) is 52.7 Å². The highest BCUT2D eigenvalue weighted by Gasteiger charge is 2.35. The van der Waals surface area contributed by atoms with Gasteiger partial charge in [0.05, 0.1) is 17.6 Å². The van der Waals surface area contributed by atoms with Crippen molar-refractivity contribution in [1.29, 1.82) is 0 Å². The molecule has 1 aromatic carbocycles. The van der Waals surface area contributed by atoms with E-state index in [-0.39, 0.29) is 23.3 Å². The van der Waals surface area contributed by atoms with E-state index in [1.165, 1.54) is 10.4 Å². The van der Waals surface area contributed by atoms with Crippen molar-refractivity contribution >= 4 is 44.6 Å². The highest BCUT2D eigenvalue weighted by atomic mass is 32.2. The first-order valence-electron chi connectivity index (χ1n) is 9.83. The van der Waals surface area contributed by atoms with Crippen LogP contribution in [0.2, 0.25) is 0 Å². The predicted molar refractivity (Wildman–Crippen MR) is 114 cm³/mol. The van der Waals surface area contributed by atoms with Gasteiger partial charge in [-0.3, -0.25) is 9.59 Å². The van der Waals surface area contributed by atoms with Crippen LogP contribution in [-0.4, -0.2) is 58.0 Å². The first-order chi connectivity index (χ1) is 14.0. The van der Waals surface area contributed by atoms with Gasteiger partial charge in [0.1, 0.15) is 22.0 Å². The van der Waals surface area contributed by atoms with Gasteiger partial charge in [-0.1, -0.05) is 6.07 Å². The Morgan fingerprint density at radius 2 is 2.00 bits per heavy atom. The molecule has 0 radical (unpaired) electrons. The molecule has 3 rings (SSSR count). The van der Waals surface area contributed by atoms with E-state index in [1.54, 1.807) is 19.1 Å². The smallest absolute Gasteiger partial charge is 0.245 e. The minimum absolute atomic E-state index is 0.0652. The molecule has 0 saturated carbocycles. The molecule has 0 bridgehead atoms. The van der Waals surface area contributed by atoms with Crippen LogP contribution in [0, 0.1) is 5.92 Å². The maximum atomic E-state index is 13.2. The molecule has 164 valence electrons. The summed E-state index contributed by atoms with van der Waals surface area (Å²) < 4.78 is 36.0. The van der Waals surface area contributed by atoms with Gasteiger partial charge in [0, 0.05) is 18.6 Å². The summed E-state index contributed by atoms with van der Waals surface area (Å²) >= 11 is 0.964. The number of benzene rings is 1. The molecule has 2 amide bonds. The molecule has 2 heterocycles. The molecule has 1 saturated heterocycles. The van der Waals surface area contributed by atoms with Crippen molar-refractivity contribution in [1.82, 2.24) is 23.7 Å². The molecule has 1 fully saturated rings. The first kappa shape index (κ1) is 22.6. The number of hydrogen-bond donors (Lipinski definition) is 2. The highest BCUT2D eigenvalue weighted by molar-refractivity contribution is 7.89. The van der Waals surface area contributed by atoms with Gasteiger partial charge in [-0.15, -0.1) is 0 Å². The van der Waals surface area contributed by atoms with E-state index in [2.05, 4.69) is 19.4 Å². The third kappa shape index (κ3) is 4.96. The summed E-state index contributed by atoms with van der Waals surface area (Å²) in [6.07, 6.45) is 1.12. The Morgan fingerprint density at radius 1 is 1.27 bits per heavy atom. The summed E-state index contributed by atoms with van der Waals surface area (Å²) in [5.74, 6) is -1.12. The lowest BCUT2D eigenvalue weighted by molar-refractivity contribution is -0.132. The fraction of sp³-hybridized carbons (Fsp3) is 0.579. The molecule has 1 aliphatic heterocycles. The quantitative estimate of drug-likeness (QED) is 0.708. The molecule has 2 atom stereocenters. The van der Waals surface area contributed by atoms with Crippen LogP contribution < -0.4 is 10.6 Å². The van der Waals surface area contributed by atoms with Crippen LogP contribution in [0.25, 0.3) is 11.0 Å². The molecular formula is C19H27N5O4S2. The third-order valence-corrected chi connectivity index (χ3v) is 7.31. The standard InChI is InChI=1S/C19H27N5O4S2/c1-12(17(25)21-19(2,3)4)20-18(26)13-7-6-10-24(11-13)30(27,28)15-9-5-8-14-16(15)23-29-22-14/h5,8-9,12-13H,6-7,10-11H2,1-4H3,(H,20,26)(H,21,25)/t12-,13-/m1/s1. The topological polar surface area (TPSA) is 121 Å². The number of fused-ring (bicyclic) bond motifs is 1. The van der Waals surface area contributed by atoms with Gasteiger partial charge in [0.25, 0.3) is 0 Å². The second kappa shape index (κ2) is 8.56. The van der Waals surface area contributed by atoms with Crippen LogP contribution in [0.1, 0.15) is 40.5 Å². The predicted octanol–water partition coefficient (Wildman–Crippen LogP) is 1.51. The molecule has 0 aliphatic carbocycles. The zero-order valence-corrected chi connectivity index (χ0v) is 19.1. The fourth-order valence-corrected chi connectivity index (χ4v) is 5.65. The van der Waals surface area contributed by atoms with E-state index in [1.807, 2.05) is 20.8 Å². The van der Waals surface area contributed by atoms with Gasteiger partial charge in [-0.2, -0.15) is 13.1 Å². The molecule has 30 heavy (non-hydrogen) atoms. The van der Waals surface area contributed by atoms with Crippen molar-refractivity contribution in [2.45, 2.75) is 57.0 Å². The lowest BCUT2D eigenvalue weighted by atomic mass is 9.98. The average molecular weight is 454 g/mol. The maximum absolute atomic E-state index is 13.2. The number of carbonyl (C=O) groups excluding carboxylic acids is 2. The minimum Gasteiger partial charge on any atom is -0.350 e. The molecule has 1 aromatic heterocycles. The average Bonchev–Trinajstić information content (AvgIpc) is 3.15. The summed E-state index contributed by atoms with van der Waals surface area (Å²) in [7, 11) is -3.82. The van der Waals surface area contributed by atoms with Gasteiger partial charge in [0.15, 0.2) is 0 Å². The number of nitrogens with zero attached hydrogens (tertiary/aromatic N) is 3. The zero-order valence-electron chi connectivity index (χ0n) is 17.5. The number of sulfonamides is 1. The van der Waals surface area contributed by atoms with E-state index in [9.17, 15) is 18.0 Å². The number of aromatic nitrogens is 2. The number of nitrogens with one attached hydrogen (secondary N) is 2. The summed E-state index contributed by atoms with van der Waals surface area (Å²) in [6.45, 7) is 7.60. The van der Waals surface area contributed by atoms with Gasteiger partial charge in [-0.25, -0.2) is 8.42 Å². The Balaban J connectivity index is 1.71. The Bertz CT molecular complexity index is 1040. The molecule has 0 unspecified atom stereocenters. The van der Waals surface area contributed by atoms with Crippen molar-refractivity contribution < 1.29 is 18.0 Å². The molecule has 1 aliphatic rings. The summed E-state index contributed by atoms with van der Waals surface area (Å²) in [6, 6.07) is 4.16.